The number of imidazole rings is 1. The van der Waals surface area contributed by atoms with Crippen LogP contribution < -0.4 is 9.30 Å². The number of benzene rings is 1. The monoisotopic (exact) mass is 354 g/mol. The number of aliphatic imine (C=N–C) groups is 1. The van der Waals surface area contributed by atoms with E-state index in [0.29, 0.717) is 18.3 Å². The fraction of sp³-hybridized carbons (Fsp3) is 0.333. The molecule has 4 rings (SSSR count). The number of ether oxygens (including phenoxy) is 1. The van der Waals surface area contributed by atoms with Gasteiger partial charge in [-0.15, -0.1) is 0 Å². The molecule has 1 saturated heterocycles. The van der Waals surface area contributed by atoms with Crippen molar-refractivity contribution in [1.29, 1.82) is 0 Å². The average molecular weight is 354 g/mol. The van der Waals surface area contributed by atoms with E-state index in [1.54, 1.807) is 21.1 Å². The van der Waals surface area contributed by atoms with Crippen molar-refractivity contribution in [2.24, 2.45) is 4.99 Å². The average Bonchev–Trinajstić information content (AvgIpc) is 3.15. The summed E-state index contributed by atoms with van der Waals surface area (Å²) in [6, 6.07) is 6.67. The van der Waals surface area contributed by atoms with Gasteiger partial charge in [-0.2, -0.15) is 4.57 Å². The molecule has 1 unspecified atom stereocenters. The molecule has 2 aliphatic rings. The van der Waals surface area contributed by atoms with Gasteiger partial charge in [-0.05, 0) is 38.1 Å². The van der Waals surface area contributed by atoms with E-state index in [-0.39, 0.29) is 11.9 Å². The molecule has 0 bridgehead atoms. The van der Waals surface area contributed by atoms with Crippen LogP contribution in [0.3, 0.4) is 0 Å². The Morgan fingerprint density at radius 1 is 1.23 bits per heavy atom. The van der Waals surface area contributed by atoms with Crippen molar-refractivity contribution >= 4 is 23.7 Å². The summed E-state index contributed by atoms with van der Waals surface area (Å²) in [5, 5.41) is 0. The number of methoxy groups -OCH3 is 1. The molecule has 0 spiro atoms. The zero-order valence-electron chi connectivity index (χ0n) is 15.1. The van der Waals surface area contributed by atoms with Crippen molar-refractivity contribution < 1.29 is 18.9 Å². The quantitative estimate of drug-likeness (QED) is 0.786. The molecule has 0 aliphatic carbocycles. The van der Waals surface area contributed by atoms with Crippen molar-refractivity contribution in [3.05, 3.63) is 36.2 Å². The Morgan fingerprint density at radius 3 is 2.54 bits per heavy atom. The van der Waals surface area contributed by atoms with Crippen LogP contribution >= 0.6 is 0 Å². The van der Waals surface area contributed by atoms with Crippen LogP contribution in [0.1, 0.15) is 18.7 Å². The van der Waals surface area contributed by atoms with Crippen LogP contribution in [0.2, 0.25) is 0 Å². The molecular weight excluding hydrogens is 334 g/mol. The molecule has 2 aliphatic heterocycles. The minimum absolute atomic E-state index is 0.245. The van der Waals surface area contributed by atoms with E-state index in [4.69, 9.17) is 4.74 Å². The summed E-state index contributed by atoms with van der Waals surface area (Å²) in [4.78, 5) is 32.6. The van der Waals surface area contributed by atoms with E-state index in [9.17, 15) is 9.59 Å². The number of carbonyl (C=O) groups is 2. The lowest BCUT2D eigenvalue weighted by Crippen LogP contribution is -2.62. The van der Waals surface area contributed by atoms with Gasteiger partial charge in [-0.3, -0.25) is 14.6 Å². The third kappa shape index (κ3) is 2.08. The zero-order valence-corrected chi connectivity index (χ0v) is 15.1. The molecule has 134 valence electrons. The number of nitrogens with zero attached hydrogens (tertiary/aromatic N) is 5. The smallest absolute Gasteiger partial charge is 0.406 e. The number of fused-ring (bicyclic) bond motifs is 3. The number of likely N-dealkylation sites (N-methyl/N-ethyl adjacent to an activating group) is 2. The molecule has 26 heavy (non-hydrogen) atoms. The number of imide groups is 1. The van der Waals surface area contributed by atoms with Crippen molar-refractivity contribution in [2.75, 3.05) is 20.7 Å². The molecule has 0 saturated carbocycles. The van der Waals surface area contributed by atoms with E-state index < -0.39 is 6.04 Å². The van der Waals surface area contributed by atoms with E-state index in [2.05, 4.69) is 4.99 Å². The van der Waals surface area contributed by atoms with E-state index >= 15 is 0 Å². The molecule has 1 aromatic heterocycles. The summed E-state index contributed by atoms with van der Waals surface area (Å²) in [6.07, 6.45) is 1.90. The number of aromatic nitrogens is 2. The highest BCUT2D eigenvalue weighted by molar-refractivity contribution is 6.19. The number of hydrogen-bond acceptors (Lipinski definition) is 4. The Bertz CT molecular complexity index is 944. The lowest BCUT2D eigenvalue weighted by Gasteiger charge is -2.32. The van der Waals surface area contributed by atoms with Gasteiger partial charge in [0.2, 0.25) is 11.9 Å². The van der Waals surface area contributed by atoms with Gasteiger partial charge in [0.25, 0.3) is 5.91 Å². The lowest BCUT2D eigenvalue weighted by molar-refractivity contribution is -0.676. The van der Waals surface area contributed by atoms with Gasteiger partial charge < -0.3 is 4.74 Å². The number of carbonyl (C=O) groups excluding carboxylic acids is 2. The van der Waals surface area contributed by atoms with Crippen LogP contribution in [0.25, 0.3) is 5.69 Å². The van der Waals surface area contributed by atoms with Crippen LogP contribution in [-0.4, -0.2) is 52.8 Å². The summed E-state index contributed by atoms with van der Waals surface area (Å²) < 4.78 is 9.02. The topological polar surface area (TPSA) is 71.0 Å². The number of hydrogen-bond donors (Lipinski definition) is 0. The number of urea groups is 1. The molecule has 8 nitrogen and oxygen atoms in total. The molecule has 8 heteroatoms. The highest BCUT2D eigenvalue weighted by atomic mass is 16.5. The first-order chi connectivity index (χ1) is 12.5. The van der Waals surface area contributed by atoms with Gasteiger partial charge in [-0.25, -0.2) is 9.36 Å². The number of rotatable bonds is 3. The summed E-state index contributed by atoms with van der Waals surface area (Å²) in [6.45, 7) is 4.09. The van der Waals surface area contributed by atoms with Gasteiger partial charge in [0.15, 0.2) is 0 Å². The predicted octanol–water partition coefficient (Wildman–Crippen LogP) is 1.58. The van der Waals surface area contributed by atoms with Crippen LogP contribution in [-0.2, 0) is 4.79 Å². The van der Waals surface area contributed by atoms with Crippen molar-refractivity contribution in [2.45, 2.75) is 19.9 Å². The first-order valence-electron chi connectivity index (χ1n) is 8.43. The summed E-state index contributed by atoms with van der Waals surface area (Å²) in [5.74, 6) is 1.60. The van der Waals surface area contributed by atoms with Crippen molar-refractivity contribution in [1.82, 2.24) is 14.4 Å². The second-order valence-corrected chi connectivity index (χ2v) is 6.31. The summed E-state index contributed by atoms with van der Waals surface area (Å²) in [5.41, 5.74) is 1.86. The van der Waals surface area contributed by atoms with E-state index in [1.807, 2.05) is 46.5 Å². The molecular formula is C18H20N5O3+. The molecule has 0 radical (unpaired) electrons. The maximum absolute atomic E-state index is 12.8. The Balaban J connectivity index is 1.85. The minimum Gasteiger partial charge on any atom is -0.497 e. The Hall–Kier alpha value is -3.16. The first-order valence-corrected chi connectivity index (χ1v) is 8.43. The molecule has 0 N–H and O–H groups in total. The van der Waals surface area contributed by atoms with Gasteiger partial charge in [0, 0.05) is 13.6 Å². The van der Waals surface area contributed by atoms with Gasteiger partial charge in [-0.1, -0.05) is 4.99 Å². The normalized spacial score (nSPS) is 18.8. The Labute approximate surface area is 150 Å². The predicted molar refractivity (Wildman–Crippen MR) is 93.9 cm³/mol. The maximum Gasteiger partial charge on any atom is 0.406 e. The van der Waals surface area contributed by atoms with Gasteiger partial charge in [0.05, 0.1) is 7.11 Å². The molecule has 2 aromatic rings. The van der Waals surface area contributed by atoms with Crippen LogP contribution in [0, 0.1) is 6.92 Å². The lowest BCUT2D eigenvalue weighted by atomic mass is 10.1. The summed E-state index contributed by atoms with van der Waals surface area (Å²) >= 11 is 0. The van der Waals surface area contributed by atoms with Gasteiger partial charge in [0.1, 0.15) is 23.3 Å². The third-order valence-electron chi connectivity index (χ3n) is 4.86. The van der Waals surface area contributed by atoms with Crippen LogP contribution in [0.5, 0.6) is 5.75 Å². The standard InChI is InChI=1S/C18H20N5O3/c1-5-21-16(24)14-15(20(3)18(21)25)19-17-22(14)10-11(2)23(17)12-6-8-13(26-4)9-7-12/h6-10,14H,5H2,1-4H3/q+1. The number of aryl methyl sites for hydroxylation is 1. The highest BCUT2D eigenvalue weighted by Gasteiger charge is 2.52. The van der Waals surface area contributed by atoms with Crippen LogP contribution in [0.4, 0.5) is 10.7 Å². The highest BCUT2D eigenvalue weighted by Crippen LogP contribution is 2.31. The molecule has 3 amide bonds. The second kappa shape index (κ2) is 5.69. The Kier molecular flexibility index (Phi) is 3.57. The van der Waals surface area contributed by atoms with E-state index in [1.165, 1.54) is 9.80 Å². The molecule has 1 atom stereocenters. The molecule has 1 fully saturated rings. The Morgan fingerprint density at radius 2 is 1.92 bits per heavy atom. The largest absolute Gasteiger partial charge is 0.497 e. The fourth-order valence-corrected chi connectivity index (χ4v) is 3.53. The maximum atomic E-state index is 12.8. The van der Waals surface area contributed by atoms with E-state index in [0.717, 1.165) is 17.1 Å². The summed E-state index contributed by atoms with van der Waals surface area (Å²) in [7, 11) is 3.28. The number of amides is 3. The molecule has 3 heterocycles. The zero-order chi connectivity index (χ0) is 18.6. The first kappa shape index (κ1) is 16.3. The van der Waals surface area contributed by atoms with Crippen LogP contribution in [0.15, 0.2) is 35.5 Å². The van der Waals surface area contributed by atoms with Crippen molar-refractivity contribution in [3.8, 4) is 11.4 Å². The fourth-order valence-electron chi connectivity index (χ4n) is 3.53. The third-order valence-corrected chi connectivity index (χ3v) is 4.86. The van der Waals surface area contributed by atoms with Crippen molar-refractivity contribution in [3.63, 3.8) is 0 Å². The number of amidine groups is 1. The second-order valence-electron chi connectivity index (χ2n) is 6.31. The minimum atomic E-state index is -0.606. The molecule has 1 aromatic carbocycles. The SMILES string of the molecule is CCN1C(=O)C2C(=Nc3n(-c4ccc(OC)cc4)c(C)c[n+]32)N(C)C1=O. The van der Waals surface area contributed by atoms with Gasteiger partial charge >= 0.3 is 12.0 Å².